The quantitative estimate of drug-likeness (QED) is 0.386. The third-order valence-corrected chi connectivity index (χ3v) is 8.28. The van der Waals surface area contributed by atoms with Crippen LogP contribution in [0.25, 0.3) is 16.2 Å². The number of amides is 1. The molecule has 0 radical (unpaired) electrons. The molecule has 3 heterocycles. The molecule has 3 aromatic rings. The van der Waals surface area contributed by atoms with Gasteiger partial charge in [-0.1, -0.05) is 0 Å². The van der Waals surface area contributed by atoms with Gasteiger partial charge in [-0.2, -0.15) is 0 Å². The molecular formula is C26H33N5O4S. The Morgan fingerprint density at radius 2 is 1.83 bits per heavy atom. The van der Waals surface area contributed by atoms with Gasteiger partial charge in [0.1, 0.15) is 11.4 Å². The highest BCUT2D eigenvalue weighted by atomic mass is 32.1. The van der Waals surface area contributed by atoms with Gasteiger partial charge in [0.15, 0.2) is 22.3 Å². The van der Waals surface area contributed by atoms with Crippen molar-refractivity contribution in [2.24, 2.45) is 5.92 Å². The number of ether oxygens (including phenoxy) is 3. The number of nitrogens with one attached hydrogen (secondary N) is 2. The summed E-state index contributed by atoms with van der Waals surface area (Å²) < 4.78 is 18.7. The average Bonchev–Trinajstić information content (AvgIpc) is 3.44. The summed E-state index contributed by atoms with van der Waals surface area (Å²) in [4.78, 5) is 22.5. The van der Waals surface area contributed by atoms with E-state index in [2.05, 4.69) is 14.6 Å². The molecular weight excluding hydrogens is 478 g/mol. The molecule has 1 aliphatic carbocycles. The molecule has 10 heteroatoms. The fraction of sp³-hybridized carbons (Fsp3) is 0.500. The minimum Gasteiger partial charge on any atom is -0.493 e. The summed E-state index contributed by atoms with van der Waals surface area (Å²) in [5.74, 6) is 1.34. The maximum absolute atomic E-state index is 13.2. The number of aromatic nitrogens is 2. The number of thiazole rings is 1. The van der Waals surface area contributed by atoms with E-state index in [1.54, 1.807) is 32.7 Å². The molecule has 1 atom stereocenters. The third-order valence-electron chi connectivity index (χ3n) is 7.14. The first-order valence-corrected chi connectivity index (χ1v) is 13.2. The molecule has 2 aromatic heterocycles. The van der Waals surface area contributed by atoms with Crippen molar-refractivity contribution in [1.29, 1.82) is 5.41 Å². The number of imidazole rings is 1. The summed E-state index contributed by atoms with van der Waals surface area (Å²) in [6.45, 7) is 1.70. The fourth-order valence-corrected chi connectivity index (χ4v) is 6.56. The average molecular weight is 512 g/mol. The molecule has 36 heavy (non-hydrogen) atoms. The molecule has 192 valence electrons. The molecule has 1 unspecified atom stereocenters. The van der Waals surface area contributed by atoms with Gasteiger partial charge in [0, 0.05) is 22.7 Å². The largest absolute Gasteiger partial charge is 0.493 e. The molecule has 0 saturated carbocycles. The number of piperidine rings is 1. The number of benzene rings is 1. The number of hydrogen-bond acceptors (Lipinski definition) is 8. The van der Waals surface area contributed by atoms with E-state index in [1.165, 1.54) is 10.6 Å². The fourth-order valence-electron chi connectivity index (χ4n) is 5.35. The maximum atomic E-state index is 13.2. The third kappa shape index (κ3) is 4.32. The van der Waals surface area contributed by atoms with E-state index in [0.717, 1.165) is 55.6 Å². The zero-order valence-electron chi connectivity index (χ0n) is 21.3. The number of carbonyl (C=O) groups excluding carboxylic acids is 1. The number of likely N-dealkylation sites (tertiary alicyclic amines) is 1. The van der Waals surface area contributed by atoms with Crippen LogP contribution >= 0.6 is 11.3 Å². The van der Waals surface area contributed by atoms with E-state index in [4.69, 9.17) is 24.6 Å². The molecule has 9 nitrogen and oxygen atoms in total. The number of fused-ring (bicyclic) bond motifs is 3. The Kier molecular flexibility index (Phi) is 6.90. The molecule has 2 N–H and O–H groups in total. The number of nitrogens with zero attached hydrogens (tertiary/aromatic N) is 3. The second kappa shape index (κ2) is 10.1. The molecule has 1 aromatic carbocycles. The van der Waals surface area contributed by atoms with Crippen molar-refractivity contribution in [2.75, 3.05) is 41.5 Å². The minimum atomic E-state index is -0.131. The summed E-state index contributed by atoms with van der Waals surface area (Å²) in [6, 6.07) is 3.68. The van der Waals surface area contributed by atoms with Gasteiger partial charge >= 0.3 is 0 Å². The predicted molar refractivity (Wildman–Crippen MR) is 140 cm³/mol. The number of aryl methyl sites for hydroxylation is 2. The highest BCUT2D eigenvalue weighted by molar-refractivity contribution is 7.17. The van der Waals surface area contributed by atoms with Crippen LogP contribution in [0.4, 0.5) is 0 Å². The Hall–Kier alpha value is -3.11. The highest BCUT2D eigenvalue weighted by Crippen LogP contribution is 2.43. The van der Waals surface area contributed by atoms with Crippen LogP contribution in [0.1, 0.15) is 41.9 Å². The summed E-state index contributed by atoms with van der Waals surface area (Å²) in [5.41, 5.74) is 3.13. The van der Waals surface area contributed by atoms with E-state index < -0.39 is 0 Å². The Labute approximate surface area is 214 Å². The lowest BCUT2D eigenvalue weighted by molar-refractivity contribution is -0.125. The number of hydrogen-bond donors (Lipinski definition) is 2. The smallest absolute Gasteiger partial charge is 0.229 e. The maximum Gasteiger partial charge on any atom is 0.229 e. The lowest BCUT2D eigenvalue weighted by atomic mass is 9.97. The van der Waals surface area contributed by atoms with E-state index in [9.17, 15) is 4.79 Å². The van der Waals surface area contributed by atoms with Gasteiger partial charge in [0.2, 0.25) is 11.7 Å². The first-order valence-electron chi connectivity index (χ1n) is 12.4. The van der Waals surface area contributed by atoms with Gasteiger partial charge in [-0.25, -0.2) is 4.98 Å². The molecule has 1 amide bonds. The van der Waals surface area contributed by atoms with Crippen molar-refractivity contribution in [3.63, 3.8) is 0 Å². The molecule has 1 aliphatic heterocycles. The van der Waals surface area contributed by atoms with Crippen molar-refractivity contribution in [3.05, 3.63) is 28.4 Å². The van der Waals surface area contributed by atoms with E-state index in [0.29, 0.717) is 35.2 Å². The van der Waals surface area contributed by atoms with Crippen LogP contribution in [0.3, 0.4) is 0 Å². The molecule has 5 rings (SSSR count). The lowest BCUT2D eigenvalue weighted by Gasteiger charge is -2.28. The molecule has 1 saturated heterocycles. The monoisotopic (exact) mass is 511 g/mol. The van der Waals surface area contributed by atoms with Crippen LogP contribution in [0, 0.1) is 11.3 Å². The van der Waals surface area contributed by atoms with E-state index >= 15 is 0 Å². The van der Waals surface area contributed by atoms with Gasteiger partial charge < -0.3 is 24.4 Å². The molecule has 0 bridgehead atoms. The van der Waals surface area contributed by atoms with Crippen LogP contribution in [-0.2, 0) is 17.6 Å². The molecule has 2 aliphatic rings. The van der Waals surface area contributed by atoms with Gasteiger partial charge in [0.25, 0.3) is 0 Å². The number of amidine groups is 1. The summed E-state index contributed by atoms with van der Waals surface area (Å²) in [5, 5.41) is 12.0. The Morgan fingerprint density at radius 3 is 2.50 bits per heavy atom. The normalized spacial score (nSPS) is 18.1. The Bertz CT molecular complexity index is 1290. The molecule has 0 spiro atoms. The van der Waals surface area contributed by atoms with Crippen molar-refractivity contribution in [1.82, 2.24) is 19.6 Å². The van der Waals surface area contributed by atoms with Crippen LogP contribution in [0.2, 0.25) is 0 Å². The van der Waals surface area contributed by atoms with Gasteiger partial charge in [-0.3, -0.25) is 14.6 Å². The van der Waals surface area contributed by atoms with E-state index in [1.807, 2.05) is 19.2 Å². The number of carbonyl (C=O) groups is 1. The zero-order valence-corrected chi connectivity index (χ0v) is 22.1. The van der Waals surface area contributed by atoms with Crippen molar-refractivity contribution in [2.45, 2.75) is 38.5 Å². The second-order valence-corrected chi connectivity index (χ2v) is 10.5. The van der Waals surface area contributed by atoms with E-state index in [-0.39, 0.29) is 17.7 Å². The summed E-state index contributed by atoms with van der Waals surface area (Å²) in [7, 11) is 6.75. The first-order chi connectivity index (χ1) is 17.4. The standard InChI is InChI=1S/C26H33N5O4S/c1-30-11-7-8-15(14-30)25(32)29-24(27)22-21(16-12-18(33-2)23(35-4)19(13-16)34-3)28-26-31(22)17-9-5-6-10-20(17)36-26/h12-13,15H,5-11,14H2,1-4H3,(H2,27,29,32). The van der Waals surface area contributed by atoms with Gasteiger partial charge in [-0.05, 0) is 64.3 Å². The topological polar surface area (TPSA) is 101 Å². The Balaban J connectivity index is 1.61. The zero-order chi connectivity index (χ0) is 25.4. The Morgan fingerprint density at radius 1 is 1.11 bits per heavy atom. The van der Waals surface area contributed by atoms with Crippen molar-refractivity contribution in [3.8, 4) is 28.5 Å². The van der Waals surface area contributed by atoms with Crippen LogP contribution < -0.4 is 19.5 Å². The molecule has 1 fully saturated rings. The summed E-state index contributed by atoms with van der Waals surface area (Å²) in [6.07, 6.45) is 6.03. The summed E-state index contributed by atoms with van der Waals surface area (Å²) >= 11 is 1.67. The number of methoxy groups -OCH3 is 3. The lowest BCUT2D eigenvalue weighted by Crippen LogP contribution is -2.43. The van der Waals surface area contributed by atoms with Gasteiger partial charge in [-0.15, -0.1) is 11.3 Å². The predicted octanol–water partition coefficient (Wildman–Crippen LogP) is 3.75. The number of rotatable bonds is 6. The van der Waals surface area contributed by atoms with Gasteiger partial charge in [0.05, 0.1) is 27.2 Å². The highest BCUT2D eigenvalue weighted by Gasteiger charge is 2.30. The SMILES string of the molecule is COc1cc(-c2nc3sc4c(n3c2C(=N)NC(=O)C2CCCN(C)C2)CCCC4)cc(OC)c1OC. The van der Waals surface area contributed by atoms with Crippen LogP contribution in [0.5, 0.6) is 17.2 Å². The van der Waals surface area contributed by atoms with Crippen molar-refractivity contribution < 1.29 is 19.0 Å². The van der Waals surface area contributed by atoms with Crippen LogP contribution in [0.15, 0.2) is 12.1 Å². The van der Waals surface area contributed by atoms with Crippen LogP contribution in [-0.4, -0.2) is 67.5 Å². The first kappa shape index (κ1) is 24.6. The minimum absolute atomic E-state index is 0.0654. The second-order valence-electron chi connectivity index (χ2n) is 9.49. The van der Waals surface area contributed by atoms with Crippen molar-refractivity contribution >= 4 is 28.0 Å².